The summed E-state index contributed by atoms with van der Waals surface area (Å²) >= 11 is 0. The molecule has 5 rings (SSSR count). The lowest BCUT2D eigenvalue weighted by Gasteiger charge is -2.26. The van der Waals surface area contributed by atoms with E-state index in [-0.39, 0.29) is 0 Å². The van der Waals surface area contributed by atoms with Crippen LogP contribution >= 0.6 is 0 Å². The Morgan fingerprint density at radius 1 is 0.962 bits per heavy atom. The smallest absolute Gasteiger partial charge is 0.135 e. The van der Waals surface area contributed by atoms with Crippen LogP contribution in [0.3, 0.4) is 0 Å². The Kier molecular flexibility index (Phi) is 3.92. The summed E-state index contributed by atoms with van der Waals surface area (Å²) in [5.41, 5.74) is 3.47. The molecule has 3 aromatic rings. The van der Waals surface area contributed by atoms with Gasteiger partial charge in [0.1, 0.15) is 11.5 Å². The summed E-state index contributed by atoms with van der Waals surface area (Å²) in [5, 5.41) is 2.28. The SMILES string of the molecule is C1=Nc2ccc(Oc3ccc(CN4CCOCC4)cc3)c3cccc1c23. The monoisotopic (exact) mass is 344 g/mol. The molecule has 0 N–H and O–H groups in total. The van der Waals surface area contributed by atoms with Gasteiger partial charge in [-0.3, -0.25) is 9.89 Å². The Bertz CT molecular complexity index is 961. The average Bonchev–Trinajstić information content (AvgIpc) is 3.11. The van der Waals surface area contributed by atoms with Gasteiger partial charge in [-0.2, -0.15) is 0 Å². The van der Waals surface area contributed by atoms with Crippen molar-refractivity contribution in [2.45, 2.75) is 6.54 Å². The van der Waals surface area contributed by atoms with Crippen LogP contribution in [0.25, 0.3) is 10.8 Å². The van der Waals surface area contributed by atoms with Crippen molar-refractivity contribution in [3.63, 3.8) is 0 Å². The second-order valence-electron chi connectivity index (χ2n) is 6.75. The number of morpholine rings is 1. The summed E-state index contributed by atoms with van der Waals surface area (Å²) in [6, 6.07) is 18.7. The summed E-state index contributed by atoms with van der Waals surface area (Å²) in [4.78, 5) is 6.88. The first kappa shape index (κ1) is 15.6. The number of aliphatic imine (C=N–C) groups is 1. The molecule has 0 radical (unpaired) electrons. The van der Waals surface area contributed by atoms with Crippen LogP contribution in [0.1, 0.15) is 11.1 Å². The predicted octanol–water partition coefficient (Wildman–Crippen LogP) is 4.53. The molecule has 26 heavy (non-hydrogen) atoms. The van der Waals surface area contributed by atoms with Crippen molar-refractivity contribution in [1.29, 1.82) is 0 Å². The van der Waals surface area contributed by atoms with Crippen LogP contribution in [0.5, 0.6) is 11.5 Å². The van der Waals surface area contributed by atoms with Gasteiger partial charge in [0.15, 0.2) is 0 Å². The third-order valence-corrected chi connectivity index (χ3v) is 5.01. The van der Waals surface area contributed by atoms with Crippen LogP contribution in [0.2, 0.25) is 0 Å². The highest BCUT2D eigenvalue weighted by Crippen LogP contribution is 2.39. The molecule has 130 valence electrons. The first-order valence-electron chi connectivity index (χ1n) is 9.03. The molecule has 2 aliphatic rings. The van der Waals surface area contributed by atoms with E-state index >= 15 is 0 Å². The summed E-state index contributed by atoms with van der Waals surface area (Å²) in [5.74, 6) is 1.73. The largest absolute Gasteiger partial charge is 0.457 e. The maximum absolute atomic E-state index is 6.19. The van der Waals surface area contributed by atoms with E-state index in [2.05, 4.69) is 52.4 Å². The highest BCUT2D eigenvalue weighted by molar-refractivity contribution is 6.12. The number of hydrogen-bond donors (Lipinski definition) is 0. The number of ether oxygens (including phenoxy) is 2. The van der Waals surface area contributed by atoms with Gasteiger partial charge in [-0.25, -0.2) is 0 Å². The number of rotatable bonds is 4. The van der Waals surface area contributed by atoms with Crippen molar-refractivity contribution in [2.75, 3.05) is 26.3 Å². The molecular formula is C22H20N2O2. The summed E-state index contributed by atoms with van der Waals surface area (Å²) in [6.45, 7) is 4.62. The minimum atomic E-state index is 0.829. The molecule has 0 saturated carbocycles. The van der Waals surface area contributed by atoms with Crippen molar-refractivity contribution in [2.24, 2.45) is 4.99 Å². The minimum Gasteiger partial charge on any atom is -0.457 e. The summed E-state index contributed by atoms with van der Waals surface area (Å²) in [6.07, 6.45) is 1.92. The minimum absolute atomic E-state index is 0.829. The number of benzene rings is 3. The Labute approximate surface area is 152 Å². The van der Waals surface area contributed by atoms with E-state index in [1.165, 1.54) is 10.9 Å². The van der Waals surface area contributed by atoms with Gasteiger partial charge >= 0.3 is 0 Å². The molecule has 1 saturated heterocycles. The maximum Gasteiger partial charge on any atom is 0.135 e. The molecule has 3 aromatic carbocycles. The molecule has 0 unspecified atom stereocenters. The Morgan fingerprint density at radius 2 is 1.81 bits per heavy atom. The predicted molar refractivity (Wildman–Crippen MR) is 104 cm³/mol. The Hall–Kier alpha value is -2.69. The Morgan fingerprint density at radius 3 is 2.65 bits per heavy atom. The molecule has 4 heteroatoms. The van der Waals surface area contributed by atoms with E-state index in [0.29, 0.717) is 0 Å². The van der Waals surface area contributed by atoms with Gasteiger partial charge in [0.05, 0.1) is 18.9 Å². The van der Waals surface area contributed by atoms with Gasteiger partial charge in [-0.05, 0) is 29.8 Å². The van der Waals surface area contributed by atoms with Crippen molar-refractivity contribution in [1.82, 2.24) is 4.90 Å². The first-order valence-corrected chi connectivity index (χ1v) is 9.03. The lowest BCUT2D eigenvalue weighted by atomic mass is 10.0. The van der Waals surface area contributed by atoms with Crippen molar-refractivity contribution >= 4 is 22.7 Å². The van der Waals surface area contributed by atoms with E-state index in [4.69, 9.17) is 9.47 Å². The molecule has 4 nitrogen and oxygen atoms in total. The molecule has 2 heterocycles. The fraction of sp³-hybridized carbons (Fsp3) is 0.227. The van der Waals surface area contributed by atoms with Crippen LogP contribution in [-0.4, -0.2) is 37.4 Å². The van der Waals surface area contributed by atoms with Gasteiger partial charge in [0.2, 0.25) is 0 Å². The molecular weight excluding hydrogens is 324 g/mol. The van der Waals surface area contributed by atoms with Crippen LogP contribution in [0.4, 0.5) is 5.69 Å². The third-order valence-electron chi connectivity index (χ3n) is 5.01. The van der Waals surface area contributed by atoms with Gasteiger partial charge in [-0.15, -0.1) is 0 Å². The van der Waals surface area contributed by atoms with Crippen LogP contribution in [0, 0.1) is 0 Å². The zero-order valence-electron chi connectivity index (χ0n) is 14.5. The van der Waals surface area contributed by atoms with Crippen molar-refractivity contribution in [3.8, 4) is 11.5 Å². The van der Waals surface area contributed by atoms with Crippen LogP contribution in [-0.2, 0) is 11.3 Å². The zero-order chi connectivity index (χ0) is 17.3. The standard InChI is InChI=1S/C22H20N2O2/c1-2-17-14-23-20-8-9-21(19(3-1)22(17)20)26-18-6-4-16(5-7-18)15-24-10-12-25-13-11-24/h1-9,14H,10-13,15H2. The molecule has 0 bridgehead atoms. The number of hydrogen-bond acceptors (Lipinski definition) is 4. The molecule has 0 aliphatic carbocycles. The van der Waals surface area contributed by atoms with Crippen LogP contribution < -0.4 is 4.74 Å². The maximum atomic E-state index is 6.19. The van der Waals surface area contributed by atoms with Gasteiger partial charge in [0.25, 0.3) is 0 Å². The highest BCUT2D eigenvalue weighted by Gasteiger charge is 2.14. The Balaban J connectivity index is 1.36. The molecule has 0 spiro atoms. The fourth-order valence-electron chi connectivity index (χ4n) is 3.64. The summed E-state index contributed by atoms with van der Waals surface area (Å²) < 4.78 is 11.6. The zero-order valence-corrected chi connectivity index (χ0v) is 14.5. The lowest BCUT2D eigenvalue weighted by Crippen LogP contribution is -2.35. The molecule has 0 atom stereocenters. The fourth-order valence-corrected chi connectivity index (χ4v) is 3.64. The second-order valence-corrected chi connectivity index (χ2v) is 6.75. The van der Waals surface area contributed by atoms with Gasteiger partial charge in [-0.1, -0.05) is 30.3 Å². The van der Waals surface area contributed by atoms with E-state index in [1.807, 2.05) is 18.3 Å². The van der Waals surface area contributed by atoms with E-state index in [1.54, 1.807) is 0 Å². The third kappa shape index (κ3) is 2.87. The molecule has 2 aliphatic heterocycles. The van der Waals surface area contributed by atoms with Gasteiger partial charge in [0, 0.05) is 42.2 Å². The molecule has 0 amide bonds. The topological polar surface area (TPSA) is 34.1 Å². The molecule has 0 aromatic heterocycles. The quantitative estimate of drug-likeness (QED) is 0.545. The van der Waals surface area contributed by atoms with E-state index in [9.17, 15) is 0 Å². The summed E-state index contributed by atoms with van der Waals surface area (Å²) in [7, 11) is 0. The molecule has 1 fully saturated rings. The highest BCUT2D eigenvalue weighted by atomic mass is 16.5. The van der Waals surface area contributed by atoms with Crippen molar-refractivity contribution in [3.05, 3.63) is 65.7 Å². The lowest BCUT2D eigenvalue weighted by molar-refractivity contribution is 0.0342. The van der Waals surface area contributed by atoms with E-state index in [0.717, 1.165) is 61.0 Å². The first-order chi connectivity index (χ1) is 12.9. The second kappa shape index (κ2) is 6.56. The number of nitrogens with zero attached hydrogens (tertiary/aromatic N) is 2. The average molecular weight is 344 g/mol. The van der Waals surface area contributed by atoms with Crippen molar-refractivity contribution < 1.29 is 9.47 Å². The van der Waals surface area contributed by atoms with Crippen LogP contribution in [0.15, 0.2) is 59.6 Å². The van der Waals surface area contributed by atoms with Gasteiger partial charge < -0.3 is 9.47 Å². The normalized spacial score (nSPS) is 16.3. The van der Waals surface area contributed by atoms with E-state index < -0.39 is 0 Å².